The zero-order valence-electron chi connectivity index (χ0n) is 13.8. The van der Waals surface area contributed by atoms with Gasteiger partial charge in [-0.05, 0) is 24.6 Å². The van der Waals surface area contributed by atoms with Gasteiger partial charge in [0.1, 0.15) is 17.2 Å². The van der Waals surface area contributed by atoms with E-state index >= 15 is 0 Å². The second kappa shape index (κ2) is 7.59. The van der Waals surface area contributed by atoms with E-state index in [2.05, 4.69) is 0 Å². The van der Waals surface area contributed by atoms with Crippen molar-refractivity contribution in [3.05, 3.63) is 41.5 Å². The molecule has 0 saturated heterocycles. The van der Waals surface area contributed by atoms with E-state index in [1.165, 1.54) is 33.5 Å². The molecule has 2 aromatic rings. The Labute approximate surface area is 140 Å². The second-order valence-corrected chi connectivity index (χ2v) is 5.14. The summed E-state index contributed by atoms with van der Waals surface area (Å²) in [5.41, 5.74) is 0.782. The Bertz CT molecular complexity index is 715. The number of methoxy groups -OCH3 is 3. The molecule has 2 rings (SSSR count). The lowest BCUT2D eigenvalue weighted by Gasteiger charge is -2.11. The van der Waals surface area contributed by atoms with Crippen LogP contribution in [0.4, 0.5) is 0 Å². The molecule has 2 N–H and O–H groups in total. The van der Waals surface area contributed by atoms with Crippen LogP contribution in [0.25, 0.3) is 0 Å². The summed E-state index contributed by atoms with van der Waals surface area (Å²) in [5, 5.41) is 19.9. The standard InChI is InChI=1S/C18H20O6/c1-22-12-9-15(20)13(16(21)10-12)5-6-14(19)11-4-7-17(23-2)18(8-11)24-3/h4,7-10,20-21H,5-6H2,1-3H3. The minimum absolute atomic E-state index is 0.105. The van der Waals surface area contributed by atoms with Crippen molar-refractivity contribution in [1.29, 1.82) is 0 Å². The van der Waals surface area contributed by atoms with E-state index in [-0.39, 0.29) is 30.1 Å². The third kappa shape index (κ3) is 3.71. The zero-order valence-corrected chi connectivity index (χ0v) is 13.8. The maximum Gasteiger partial charge on any atom is 0.163 e. The van der Waals surface area contributed by atoms with Crippen molar-refractivity contribution in [2.75, 3.05) is 21.3 Å². The number of phenols is 2. The fourth-order valence-electron chi connectivity index (χ4n) is 2.38. The van der Waals surface area contributed by atoms with Crippen molar-refractivity contribution in [2.45, 2.75) is 12.8 Å². The molecule has 0 spiro atoms. The van der Waals surface area contributed by atoms with Crippen LogP contribution in [0.1, 0.15) is 22.3 Å². The van der Waals surface area contributed by atoms with Gasteiger partial charge in [-0.3, -0.25) is 4.79 Å². The van der Waals surface area contributed by atoms with Gasteiger partial charge >= 0.3 is 0 Å². The molecule has 0 radical (unpaired) electrons. The molecule has 24 heavy (non-hydrogen) atoms. The molecule has 0 bridgehead atoms. The normalized spacial score (nSPS) is 10.3. The van der Waals surface area contributed by atoms with E-state index in [1.807, 2.05) is 0 Å². The van der Waals surface area contributed by atoms with Gasteiger partial charge in [-0.1, -0.05) is 0 Å². The van der Waals surface area contributed by atoms with Gasteiger partial charge in [-0.2, -0.15) is 0 Å². The molecule has 6 nitrogen and oxygen atoms in total. The molecule has 6 heteroatoms. The molecule has 128 valence electrons. The van der Waals surface area contributed by atoms with Crippen LogP contribution in [-0.4, -0.2) is 37.3 Å². The summed E-state index contributed by atoms with van der Waals surface area (Å²) in [6.45, 7) is 0. The summed E-state index contributed by atoms with van der Waals surface area (Å²) in [6.07, 6.45) is 0.331. The quantitative estimate of drug-likeness (QED) is 0.758. The molecule has 0 heterocycles. The van der Waals surface area contributed by atoms with Gasteiger partial charge in [0.2, 0.25) is 0 Å². The monoisotopic (exact) mass is 332 g/mol. The van der Waals surface area contributed by atoms with Crippen molar-refractivity contribution in [1.82, 2.24) is 0 Å². The predicted octanol–water partition coefficient (Wildman–Crippen LogP) is 2.94. The third-order valence-corrected chi connectivity index (χ3v) is 3.72. The van der Waals surface area contributed by atoms with Crippen molar-refractivity contribution in [3.63, 3.8) is 0 Å². The minimum Gasteiger partial charge on any atom is -0.507 e. The van der Waals surface area contributed by atoms with Gasteiger partial charge in [0.05, 0.1) is 21.3 Å². The first-order valence-corrected chi connectivity index (χ1v) is 7.34. The smallest absolute Gasteiger partial charge is 0.163 e. The molecular formula is C18H20O6. The average molecular weight is 332 g/mol. The van der Waals surface area contributed by atoms with E-state index in [0.717, 1.165) is 0 Å². The van der Waals surface area contributed by atoms with Gasteiger partial charge in [0.15, 0.2) is 17.3 Å². The summed E-state index contributed by atoms with van der Waals surface area (Å²) in [6, 6.07) is 7.71. The highest BCUT2D eigenvalue weighted by atomic mass is 16.5. The molecule has 0 aliphatic heterocycles. The van der Waals surface area contributed by atoms with E-state index in [1.54, 1.807) is 18.2 Å². The van der Waals surface area contributed by atoms with Crippen LogP contribution in [0.2, 0.25) is 0 Å². The molecular weight excluding hydrogens is 312 g/mol. The van der Waals surface area contributed by atoms with Crippen molar-refractivity contribution in [3.8, 4) is 28.7 Å². The summed E-state index contributed by atoms with van der Waals surface area (Å²) in [4.78, 5) is 12.3. The molecule has 2 aromatic carbocycles. The first-order chi connectivity index (χ1) is 11.5. The summed E-state index contributed by atoms with van der Waals surface area (Å²) < 4.78 is 15.3. The summed E-state index contributed by atoms with van der Waals surface area (Å²) in [7, 11) is 4.46. The lowest BCUT2D eigenvalue weighted by molar-refractivity contribution is 0.0982. The molecule has 0 aromatic heterocycles. The largest absolute Gasteiger partial charge is 0.507 e. The molecule has 0 atom stereocenters. The minimum atomic E-state index is -0.134. The van der Waals surface area contributed by atoms with Crippen LogP contribution in [0.15, 0.2) is 30.3 Å². The highest BCUT2D eigenvalue weighted by Gasteiger charge is 2.15. The topological polar surface area (TPSA) is 85.2 Å². The van der Waals surface area contributed by atoms with Gasteiger partial charge in [-0.25, -0.2) is 0 Å². The SMILES string of the molecule is COc1cc(O)c(CCC(=O)c2ccc(OC)c(OC)c2)c(O)c1. The second-order valence-electron chi connectivity index (χ2n) is 5.14. The highest BCUT2D eigenvalue weighted by molar-refractivity contribution is 5.96. The Hall–Kier alpha value is -2.89. The zero-order chi connectivity index (χ0) is 17.7. The van der Waals surface area contributed by atoms with Gasteiger partial charge in [0.25, 0.3) is 0 Å². The Morgan fingerprint density at radius 1 is 0.917 bits per heavy atom. The Morgan fingerprint density at radius 3 is 2.08 bits per heavy atom. The average Bonchev–Trinajstić information content (AvgIpc) is 2.59. The summed E-state index contributed by atoms with van der Waals surface area (Å²) >= 11 is 0. The van der Waals surface area contributed by atoms with Gasteiger partial charge < -0.3 is 24.4 Å². The van der Waals surface area contributed by atoms with Crippen molar-refractivity contribution >= 4 is 5.78 Å². The van der Waals surface area contributed by atoms with Crippen LogP contribution in [0, 0.1) is 0 Å². The number of ether oxygens (including phenoxy) is 3. The van der Waals surface area contributed by atoms with Gasteiger partial charge in [-0.15, -0.1) is 0 Å². The fourth-order valence-corrected chi connectivity index (χ4v) is 2.38. The Balaban J connectivity index is 2.14. The number of aromatic hydroxyl groups is 2. The number of benzene rings is 2. The lowest BCUT2D eigenvalue weighted by atomic mass is 10.0. The number of phenolic OH excluding ortho intramolecular Hbond substituents is 2. The Kier molecular flexibility index (Phi) is 5.52. The lowest BCUT2D eigenvalue weighted by Crippen LogP contribution is -2.03. The number of Topliss-reactive ketones (excluding diaryl/α,β-unsaturated/α-hetero) is 1. The van der Waals surface area contributed by atoms with Crippen LogP contribution >= 0.6 is 0 Å². The summed E-state index contributed by atoms with van der Waals surface area (Å²) in [5.74, 6) is 1.02. The number of hydrogen-bond donors (Lipinski definition) is 2. The molecule has 0 saturated carbocycles. The fraction of sp³-hybridized carbons (Fsp3) is 0.278. The van der Waals surface area contributed by atoms with Crippen molar-refractivity contribution < 1.29 is 29.2 Å². The van der Waals surface area contributed by atoms with E-state index in [9.17, 15) is 15.0 Å². The number of ketones is 1. The number of rotatable bonds is 7. The maximum absolute atomic E-state index is 12.3. The highest BCUT2D eigenvalue weighted by Crippen LogP contribution is 2.34. The first-order valence-electron chi connectivity index (χ1n) is 7.34. The van der Waals surface area contributed by atoms with Crippen LogP contribution < -0.4 is 14.2 Å². The number of hydrogen-bond acceptors (Lipinski definition) is 6. The van der Waals surface area contributed by atoms with Crippen LogP contribution in [-0.2, 0) is 6.42 Å². The van der Waals surface area contributed by atoms with Crippen LogP contribution in [0.3, 0.4) is 0 Å². The number of carbonyl (C=O) groups is 1. The van der Waals surface area contributed by atoms with E-state index in [4.69, 9.17) is 14.2 Å². The first kappa shape index (κ1) is 17.5. The molecule has 0 amide bonds. The van der Waals surface area contributed by atoms with Gasteiger partial charge in [0, 0.05) is 29.7 Å². The molecule has 0 unspecified atom stereocenters. The third-order valence-electron chi connectivity index (χ3n) is 3.72. The Morgan fingerprint density at radius 2 is 1.54 bits per heavy atom. The van der Waals surface area contributed by atoms with Crippen LogP contribution in [0.5, 0.6) is 28.7 Å². The number of carbonyl (C=O) groups excluding carboxylic acids is 1. The van der Waals surface area contributed by atoms with E-state index < -0.39 is 0 Å². The molecule has 0 fully saturated rings. The molecule has 0 aliphatic rings. The predicted molar refractivity (Wildman–Crippen MR) is 88.5 cm³/mol. The molecule has 0 aliphatic carbocycles. The van der Waals surface area contributed by atoms with E-state index in [0.29, 0.717) is 28.4 Å². The maximum atomic E-state index is 12.3. The van der Waals surface area contributed by atoms with Crippen molar-refractivity contribution in [2.24, 2.45) is 0 Å².